The molecule has 0 radical (unpaired) electrons. The van der Waals surface area contributed by atoms with Gasteiger partial charge in [-0.15, -0.1) is 23.4 Å². The van der Waals surface area contributed by atoms with Crippen LogP contribution < -0.4 is 5.32 Å². The number of aromatic nitrogens is 4. The number of allylic oxidation sites excluding steroid dienone is 1. The first-order valence-electron chi connectivity index (χ1n) is 9.36. The number of amides is 1. The maximum absolute atomic E-state index is 12.4. The van der Waals surface area contributed by atoms with Crippen LogP contribution in [0.3, 0.4) is 0 Å². The summed E-state index contributed by atoms with van der Waals surface area (Å²) in [6.45, 7) is 3.82. The van der Waals surface area contributed by atoms with Crippen LogP contribution in [-0.4, -0.2) is 38.0 Å². The molecule has 1 amide bonds. The van der Waals surface area contributed by atoms with Gasteiger partial charge >= 0.3 is 6.36 Å². The molecule has 0 aliphatic heterocycles. The first-order chi connectivity index (χ1) is 14.7. The van der Waals surface area contributed by atoms with E-state index in [0.29, 0.717) is 29.6 Å². The van der Waals surface area contributed by atoms with Crippen molar-refractivity contribution in [2.24, 2.45) is 0 Å². The molecule has 0 bridgehead atoms. The molecule has 0 atom stereocenters. The molecule has 3 aromatic rings. The van der Waals surface area contributed by atoms with Gasteiger partial charge in [-0.3, -0.25) is 13.9 Å². The van der Waals surface area contributed by atoms with Crippen molar-refractivity contribution in [3.63, 3.8) is 0 Å². The molecule has 4 rings (SSSR count). The number of ether oxygens (including phenoxy) is 1. The topological polar surface area (TPSA) is 94.5 Å². The van der Waals surface area contributed by atoms with E-state index in [4.69, 9.17) is 16.0 Å². The van der Waals surface area contributed by atoms with Crippen molar-refractivity contribution in [3.8, 4) is 0 Å². The van der Waals surface area contributed by atoms with Crippen LogP contribution in [0.4, 0.5) is 13.2 Å². The molecular weight excluding hydrogens is 439 g/mol. The fraction of sp³-hybridized carbons (Fsp3) is 0.368. The molecule has 1 fully saturated rings. The smallest absolute Gasteiger partial charge is 0.425 e. The maximum Gasteiger partial charge on any atom is 0.522 e. The van der Waals surface area contributed by atoms with Gasteiger partial charge in [0.2, 0.25) is 11.8 Å². The fourth-order valence-electron chi connectivity index (χ4n) is 3.23. The van der Waals surface area contributed by atoms with Gasteiger partial charge in [-0.1, -0.05) is 18.2 Å². The van der Waals surface area contributed by atoms with Crippen LogP contribution in [0.25, 0.3) is 5.52 Å². The largest absolute Gasteiger partial charge is 0.522 e. The number of aryl methyl sites for hydroxylation is 1. The Morgan fingerprint density at radius 1 is 1.35 bits per heavy atom. The molecule has 8 nitrogen and oxygen atoms in total. The molecule has 164 valence electrons. The molecule has 3 heterocycles. The van der Waals surface area contributed by atoms with Gasteiger partial charge in [-0.05, 0) is 37.5 Å². The first-order valence-corrected chi connectivity index (χ1v) is 9.74. The molecule has 1 aliphatic carbocycles. The van der Waals surface area contributed by atoms with Crippen LogP contribution >= 0.6 is 11.6 Å². The Hall–Kier alpha value is -2.92. The summed E-state index contributed by atoms with van der Waals surface area (Å²) in [6.07, 6.45) is -3.05. The number of nitrogens with zero attached hydrogens (tertiary/aromatic N) is 4. The van der Waals surface area contributed by atoms with E-state index >= 15 is 0 Å². The summed E-state index contributed by atoms with van der Waals surface area (Å²) in [5.41, 5.74) is 1.37. The Bertz CT molecular complexity index is 1120. The lowest BCUT2D eigenvalue weighted by molar-refractivity contribution is -0.352. The SMILES string of the molecule is C=C(CCc1nnc(C2CC(OC(F)(F)F)C2)o1)NC(=O)c1cc2ccc(Cl)n2cn1. The van der Waals surface area contributed by atoms with Crippen LogP contribution in [0, 0.1) is 0 Å². The number of fused-ring (bicyclic) bond motifs is 1. The highest BCUT2D eigenvalue weighted by molar-refractivity contribution is 6.30. The summed E-state index contributed by atoms with van der Waals surface area (Å²) >= 11 is 5.99. The number of hydrogen-bond donors (Lipinski definition) is 1. The highest BCUT2D eigenvalue weighted by Gasteiger charge is 2.42. The molecule has 3 aromatic heterocycles. The van der Waals surface area contributed by atoms with E-state index in [2.05, 4.69) is 31.8 Å². The number of nitrogens with one attached hydrogen (secondary N) is 1. The predicted molar refractivity (Wildman–Crippen MR) is 102 cm³/mol. The number of halogens is 4. The zero-order valence-corrected chi connectivity index (χ0v) is 16.8. The number of rotatable bonds is 7. The second-order valence-electron chi connectivity index (χ2n) is 7.17. The molecule has 12 heteroatoms. The molecule has 1 saturated carbocycles. The van der Waals surface area contributed by atoms with Gasteiger partial charge in [0.05, 0.1) is 11.6 Å². The Morgan fingerprint density at radius 2 is 2.13 bits per heavy atom. The monoisotopic (exact) mass is 455 g/mol. The Balaban J connectivity index is 1.25. The summed E-state index contributed by atoms with van der Waals surface area (Å²) in [7, 11) is 0. The van der Waals surface area contributed by atoms with Crippen molar-refractivity contribution in [3.05, 3.63) is 59.4 Å². The van der Waals surface area contributed by atoms with Crippen LogP contribution in [0.1, 0.15) is 47.5 Å². The van der Waals surface area contributed by atoms with Gasteiger partial charge in [0.15, 0.2) is 0 Å². The highest BCUT2D eigenvalue weighted by atomic mass is 35.5. The second kappa shape index (κ2) is 8.31. The standard InChI is InChI=1S/C19H17ClF3N5O3/c1-10(25-17(29)14-8-12-3-4-15(20)28(12)9-24-14)2-5-16-26-27-18(30-16)11-6-13(7-11)31-19(21,22)23/h3-4,8-9,11,13H,1-2,5-7H2,(H,25,29). The Kier molecular flexibility index (Phi) is 5.71. The van der Waals surface area contributed by atoms with Crippen molar-refractivity contribution >= 4 is 23.0 Å². The van der Waals surface area contributed by atoms with Gasteiger partial charge in [0.25, 0.3) is 5.91 Å². The third-order valence-corrected chi connectivity index (χ3v) is 5.20. The second-order valence-corrected chi connectivity index (χ2v) is 7.56. The van der Waals surface area contributed by atoms with Crippen molar-refractivity contribution < 1.29 is 27.1 Å². The van der Waals surface area contributed by atoms with E-state index in [9.17, 15) is 18.0 Å². The van der Waals surface area contributed by atoms with Gasteiger partial charge < -0.3 is 9.73 Å². The molecule has 0 unspecified atom stereocenters. The molecule has 0 spiro atoms. The minimum atomic E-state index is -4.64. The number of alkyl halides is 3. The fourth-order valence-corrected chi connectivity index (χ4v) is 3.43. The lowest BCUT2D eigenvalue weighted by Gasteiger charge is -2.32. The number of carbonyl (C=O) groups is 1. The molecule has 0 aromatic carbocycles. The molecule has 1 aliphatic rings. The van der Waals surface area contributed by atoms with E-state index in [-0.39, 0.29) is 30.3 Å². The minimum Gasteiger partial charge on any atom is -0.425 e. The lowest BCUT2D eigenvalue weighted by atomic mass is 9.82. The number of hydrogen-bond acceptors (Lipinski definition) is 6. The summed E-state index contributed by atoms with van der Waals surface area (Å²) < 4.78 is 47.7. The van der Waals surface area contributed by atoms with E-state index in [1.165, 1.54) is 6.33 Å². The third kappa shape index (κ3) is 5.05. The van der Waals surface area contributed by atoms with Crippen molar-refractivity contribution in [1.82, 2.24) is 24.9 Å². The van der Waals surface area contributed by atoms with Crippen molar-refractivity contribution in [1.29, 1.82) is 0 Å². The van der Waals surface area contributed by atoms with Gasteiger partial charge in [-0.2, -0.15) is 0 Å². The summed E-state index contributed by atoms with van der Waals surface area (Å²) in [4.78, 5) is 16.4. The minimum absolute atomic E-state index is 0.175. The third-order valence-electron chi connectivity index (χ3n) is 4.89. The zero-order valence-electron chi connectivity index (χ0n) is 16.0. The quantitative estimate of drug-likeness (QED) is 0.578. The van der Waals surface area contributed by atoms with Crippen LogP contribution in [0.2, 0.25) is 5.15 Å². The van der Waals surface area contributed by atoms with Crippen LogP contribution in [0.5, 0.6) is 0 Å². The molecule has 31 heavy (non-hydrogen) atoms. The van der Waals surface area contributed by atoms with E-state index in [1.54, 1.807) is 22.6 Å². The van der Waals surface area contributed by atoms with E-state index < -0.39 is 18.4 Å². The Labute approximate surface area is 179 Å². The Morgan fingerprint density at radius 3 is 2.87 bits per heavy atom. The van der Waals surface area contributed by atoms with Gasteiger partial charge in [0.1, 0.15) is 17.2 Å². The van der Waals surface area contributed by atoms with Crippen molar-refractivity contribution in [2.45, 2.75) is 44.1 Å². The average Bonchev–Trinajstić information content (AvgIpc) is 3.28. The summed E-state index contributed by atoms with van der Waals surface area (Å²) in [5, 5.41) is 11.0. The zero-order chi connectivity index (χ0) is 22.2. The number of carbonyl (C=O) groups excluding carboxylic acids is 1. The van der Waals surface area contributed by atoms with Gasteiger partial charge in [0, 0.05) is 18.0 Å². The molecular formula is C19H17ClF3N5O3. The highest BCUT2D eigenvalue weighted by Crippen LogP contribution is 2.40. The predicted octanol–water partition coefficient (Wildman–Crippen LogP) is 4.03. The molecule has 1 N–H and O–H groups in total. The van der Waals surface area contributed by atoms with E-state index in [1.807, 2.05) is 0 Å². The lowest BCUT2D eigenvalue weighted by Crippen LogP contribution is -2.34. The van der Waals surface area contributed by atoms with E-state index in [0.717, 1.165) is 5.52 Å². The van der Waals surface area contributed by atoms with Gasteiger partial charge in [-0.25, -0.2) is 4.98 Å². The molecule has 0 saturated heterocycles. The summed E-state index contributed by atoms with van der Waals surface area (Å²) in [6, 6.07) is 5.07. The van der Waals surface area contributed by atoms with Crippen LogP contribution in [-0.2, 0) is 11.2 Å². The van der Waals surface area contributed by atoms with Crippen molar-refractivity contribution in [2.75, 3.05) is 0 Å². The first kappa shape index (κ1) is 21.3. The summed E-state index contributed by atoms with van der Waals surface area (Å²) in [5.74, 6) is -0.0655. The van der Waals surface area contributed by atoms with Crippen LogP contribution in [0.15, 0.2) is 41.2 Å². The maximum atomic E-state index is 12.4. The average molecular weight is 456 g/mol. The normalized spacial score (nSPS) is 18.7.